The van der Waals surface area contributed by atoms with E-state index in [4.69, 9.17) is 11.6 Å². The maximum absolute atomic E-state index is 14.0. The number of rotatable bonds is 3. The summed E-state index contributed by atoms with van der Waals surface area (Å²) in [5, 5.41) is 3.81. The maximum Gasteiger partial charge on any atom is 0.129 e. The first-order valence-corrected chi connectivity index (χ1v) is 7.39. The van der Waals surface area contributed by atoms with Crippen LogP contribution in [0.3, 0.4) is 0 Å². The van der Waals surface area contributed by atoms with E-state index in [1.807, 2.05) is 17.8 Å². The van der Waals surface area contributed by atoms with Crippen LogP contribution < -0.4 is 5.32 Å². The molecule has 1 aliphatic rings. The van der Waals surface area contributed by atoms with Crippen LogP contribution >= 0.6 is 24.0 Å². The molecule has 7 heteroatoms. The normalized spacial score (nSPS) is 19.0. The highest BCUT2D eigenvalue weighted by Crippen LogP contribution is 2.24. The number of aryl methyl sites for hydroxylation is 1. The van der Waals surface area contributed by atoms with Crippen LogP contribution in [0.2, 0.25) is 5.02 Å². The largest absolute Gasteiger partial charge is 0.337 e. The van der Waals surface area contributed by atoms with Crippen molar-refractivity contribution in [3.8, 4) is 0 Å². The van der Waals surface area contributed by atoms with Gasteiger partial charge in [-0.25, -0.2) is 9.37 Å². The lowest BCUT2D eigenvalue weighted by molar-refractivity contribution is 0.143. The van der Waals surface area contributed by atoms with Gasteiger partial charge in [-0.1, -0.05) is 17.7 Å². The van der Waals surface area contributed by atoms with E-state index in [2.05, 4.69) is 15.2 Å². The zero-order valence-corrected chi connectivity index (χ0v) is 13.9. The highest BCUT2D eigenvalue weighted by Gasteiger charge is 2.27. The van der Waals surface area contributed by atoms with Gasteiger partial charge in [0.05, 0.1) is 6.04 Å². The predicted octanol–water partition coefficient (Wildman–Crippen LogP) is 2.78. The van der Waals surface area contributed by atoms with Gasteiger partial charge in [0, 0.05) is 56.2 Å². The Bertz CT molecular complexity index is 632. The number of nitrogens with zero attached hydrogens (tertiary/aromatic N) is 3. The number of hydrogen-bond acceptors (Lipinski definition) is 3. The number of nitrogens with one attached hydrogen (secondary N) is 1. The molecule has 1 N–H and O–H groups in total. The van der Waals surface area contributed by atoms with E-state index in [-0.39, 0.29) is 24.3 Å². The first-order valence-electron chi connectivity index (χ1n) is 7.01. The summed E-state index contributed by atoms with van der Waals surface area (Å²) in [7, 11) is 1.98. The van der Waals surface area contributed by atoms with Crippen molar-refractivity contribution < 1.29 is 4.39 Å². The van der Waals surface area contributed by atoms with Crippen LogP contribution in [0.25, 0.3) is 0 Å². The van der Waals surface area contributed by atoms with Gasteiger partial charge >= 0.3 is 0 Å². The summed E-state index contributed by atoms with van der Waals surface area (Å²) in [6, 6.07) is 5.01. The molecule has 0 aliphatic carbocycles. The third-order valence-corrected chi connectivity index (χ3v) is 4.13. The topological polar surface area (TPSA) is 33.1 Å². The van der Waals surface area contributed by atoms with E-state index in [1.165, 1.54) is 6.07 Å². The Balaban J connectivity index is 0.00000176. The van der Waals surface area contributed by atoms with Gasteiger partial charge in [-0.15, -0.1) is 12.4 Å². The fourth-order valence-corrected chi connectivity index (χ4v) is 2.92. The molecule has 0 bridgehead atoms. The van der Waals surface area contributed by atoms with E-state index >= 15 is 0 Å². The van der Waals surface area contributed by atoms with E-state index in [0.29, 0.717) is 17.1 Å². The van der Waals surface area contributed by atoms with Gasteiger partial charge in [-0.2, -0.15) is 0 Å². The summed E-state index contributed by atoms with van der Waals surface area (Å²) >= 11 is 5.81. The summed E-state index contributed by atoms with van der Waals surface area (Å²) in [5.74, 6) is 0.746. The predicted molar refractivity (Wildman–Crippen MR) is 87.9 cm³/mol. The summed E-state index contributed by atoms with van der Waals surface area (Å²) in [5.41, 5.74) is 0.667. The number of imidazole rings is 1. The second-order valence-electron chi connectivity index (χ2n) is 5.32. The van der Waals surface area contributed by atoms with Gasteiger partial charge < -0.3 is 9.88 Å². The van der Waals surface area contributed by atoms with Crippen molar-refractivity contribution >= 4 is 24.0 Å². The molecule has 0 amide bonds. The molecule has 3 rings (SSSR count). The molecule has 0 radical (unpaired) electrons. The van der Waals surface area contributed by atoms with Gasteiger partial charge in [-0.3, -0.25) is 4.90 Å². The SMILES string of the molecule is Cl.Cn1ccnc1C1CNCCN1Cc1ccc(Cl)cc1F. The van der Waals surface area contributed by atoms with Crippen LogP contribution in [0.4, 0.5) is 4.39 Å². The van der Waals surface area contributed by atoms with Gasteiger partial charge in [-0.05, 0) is 12.1 Å². The lowest BCUT2D eigenvalue weighted by Crippen LogP contribution is -2.46. The van der Waals surface area contributed by atoms with Gasteiger partial charge in [0.2, 0.25) is 0 Å². The molecular formula is C15H19Cl2FN4. The maximum atomic E-state index is 14.0. The molecular weight excluding hydrogens is 326 g/mol. The smallest absolute Gasteiger partial charge is 0.129 e. The second kappa shape index (κ2) is 7.42. The average molecular weight is 345 g/mol. The third kappa shape index (κ3) is 3.60. The Kier molecular flexibility index (Phi) is 5.81. The molecule has 1 aromatic carbocycles. The molecule has 0 spiro atoms. The molecule has 4 nitrogen and oxygen atoms in total. The van der Waals surface area contributed by atoms with E-state index in [1.54, 1.807) is 18.3 Å². The summed E-state index contributed by atoms with van der Waals surface area (Å²) < 4.78 is 16.0. The first-order chi connectivity index (χ1) is 10.1. The molecule has 1 atom stereocenters. The zero-order chi connectivity index (χ0) is 14.8. The Morgan fingerprint density at radius 3 is 2.95 bits per heavy atom. The van der Waals surface area contributed by atoms with Crippen molar-refractivity contribution in [3.63, 3.8) is 0 Å². The summed E-state index contributed by atoms with van der Waals surface area (Å²) in [4.78, 5) is 6.69. The molecule has 22 heavy (non-hydrogen) atoms. The Labute approximate surface area is 140 Å². The van der Waals surface area contributed by atoms with E-state index in [9.17, 15) is 4.39 Å². The van der Waals surface area contributed by atoms with E-state index in [0.717, 1.165) is 25.5 Å². The van der Waals surface area contributed by atoms with Crippen LogP contribution in [-0.4, -0.2) is 34.1 Å². The van der Waals surface area contributed by atoms with Gasteiger partial charge in [0.25, 0.3) is 0 Å². The van der Waals surface area contributed by atoms with Crippen molar-refractivity contribution in [2.75, 3.05) is 19.6 Å². The van der Waals surface area contributed by atoms with Crippen molar-refractivity contribution in [1.82, 2.24) is 19.8 Å². The highest BCUT2D eigenvalue weighted by molar-refractivity contribution is 6.30. The number of piperazine rings is 1. The van der Waals surface area contributed by atoms with Crippen molar-refractivity contribution in [2.45, 2.75) is 12.6 Å². The minimum absolute atomic E-state index is 0. The molecule has 1 unspecified atom stereocenters. The zero-order valence-electron chi connectivity index (χ0n) is 12.3. The highest BCUT2D eigenvalue weighted by atomic mass is 35.5. The number of halogens is 3. The van der Waals surface area contributed by atoms with E-state index < -0.39 is 0 Å². The quantitative estimate of drug-likeness (QED) is 0.929. The summed E-state index contributed by atoms with van der Waals surface area (Å²) in [6.07, 6.45) is 3.73. The van der Waals surface area contributed by atoms with Crippen molar-refractivity contribution in [3.05, 3.63) is 52.8 Å². The first kappa shape index (κ1) is 17.2. The average Bonchev–Trinajstić information content (AvgIpc) is 2.89. The fraction of sp³-hybridized carbons (Fsp3) is 0.400. The summed E-state index contributed by atoms with van der Waals surface area (Å²) in [6.45, 7) is 3.14. The standard InChI is InChI=1S/C15H18ClFN4.ClH/c1-20-6-5-19-15(20)14-9-18-4-7-21(14)10-11-2-3-12(16)8-13(11)17;/h2-3,5-6,8,14,18H,4,7,9-10H2,1H3;1H. The van der Waals surface area contributed by atoms with Crippen LogP contribution in [0, 0.1) is 5.82 Å². The molecule has 1 aliphatic heterocycles. The van der Waals surface area contributed by atoms with Crippen LogP contribution in [-0.2, 0) is 13.6 Å². The van der Waals surface area contributed by atoms with Gasteiger partial charge in [0.1, 0.15) is 11.6 Å². The van der Waals surface area contributed by atoms with Crippen LogP contribution in [0.1, 0.15) is 17.4 Å². The number of benzene rings is 1. The minimum atomic E-state index is -0.250. The molecule has 120 valence electrons. The Morgan fingerprint density at radius 1 is 1.45 bits per heavy atom. The molecule has 0 saturated carbocycles. The molecule has 2 aromatic rings. The Hall–Kier alpha value is -1.14. The van der Waals surface area contributed by atoms with Crippen LogP contribution in [0.5, 0.6) is 0 Å². The molecule has 1 fully saturated rings. The monoisotopic (exact) mass is 344 g/mol. The molecule has 1 aromatic heterocycles. The van der Waals surface area contributed by atoms with Crippen LogP contribution in [0.15, 0.2) is 30.6 Å². The fourth-order valence-electron chi connectivity index (χ4n) is 2.76. The Morgan fingerprint density at radius 2 is 2.27 bits per heavy atom. The van der Waals surface area contributed by atoms with Crippen molar-refractivity contribution in [1.29, 1.82) is 0 Å². The lowest BCUT2D eigenvalue weighted by atomic mass is 10.1. The third-order valence-electron chi connectivity index (χ3n) is 3.90. The molecule has 1 saturated heterocycles. The van der Waals surface area contributed by atoms with Gasteiger partial charge in [0.15, 0.2) is 0 Å². The minimum Gasteiger partial charge on any atom is -0.337 e. The second-order valence-corrected chi connectivity index (χ2v) is 5.76. The number of hydrogen-bond donors (Lipinski definition) is 1. The lowest BCUT2D eigenvalue weighted by Gasteiger charge is -2.35. The molecule has 2 heterocycles. The number of aromatic nitrogens is 2. The van der Waals surface area contributed by atoms with Crippen molar-refractivity contribution in [2.24, 2.45) is 7.05 Å².